The van der Waals surface area contributed by atoms with E-state index in [2.05, 4.69) is 6.92 Å². The lowest BCUT2D eigenvalue weighted by Crippen LogP contribution is -2.33. The number of aliphatic hydroxyl groups is 1. The van der Waals surface area contributed by atoms with Gasteiger partial charge in [0, 0.05) is 12.0 Å². The molecule has 1 amide bonds. The maximum atomic E-state index is 12.9. The van der Waals surface area contributed by atoms with Crippen molar-refractivity contribution in [2.24, 2.45) is 5.41 Å². The lowest BCUT2D eigenvalue weighted by atomic mass is 9.82. The molecule has 1 aliphatic heterocycles. The molecule has 1 aliphatic rings. The van der Waals surface area contributed by atoms with Crippen LogP contribution in [-0.2, 0) is 16.0 Å². The van der Waals surface area contributed by atoms with Crippen molar-refractivity contribution in [2.45, 2.75) is 53.5 Å². The van der Waals surface area contributed by atoms with Gasteiger partial charge in [0.1, 0.15) is 0 Å². The standard InChI is InChI=1S/C20H27NO3/c1-6-12-21-16(14-10-8-13(7-2)9-11-14)15(17(22)19(21)24)18(23)20(3,4)5/h8-11,16,22H,6-7,12H2,1-5H3. The summed E-state index contributed by atoms with van der Waals surface area (Å²) in [5.74, 6) is -1.03. The molecule has 2 rings (SSSR count). The highest BCUT2D eigenvalue weighted by Gasteiger charge is 2.45. The molecule has 0 saturated carbocycles. The van der Waals surface area contributed by atoms with Crippen LogP contribution < -0.4 is 0 Å². The molecule has 0 bridgehead atoms. The molecule has 0 aromatic heterocycles. The number of nitrogens with zero attached hydrogens (tertiary/aromatic N) is 1. The Bertz CT molecular complexity index is 665. The van der Waals surface area contributed by atoms with E-state index in [0.29, 0.717) is 6.54 Å². The molecular weight excluding hydrogens is 302 g/mol. The first-order valence-corrected chi connectivity index (χ1v) is 8.60. The molecule has 0 fully saturated rings. The van der Waals surface area contributed by atoms with E-state index in [1.807, 2.05) is 31.2 Å². The predicted octanol–water partition coefficient (Wildman–Crippen LogP) is 3.97. The Balaban J connectivity index is 2.55. The van der Waals surface area contributed by atoms with Gasteiger partial charge in [-0.1, -0.05) is 58.9 Å². The van der Waals surface area contributed by atoms with Gasteiger partial charge in [-0.3, -0.25) is 9.59 Å². The van der Waals surface area contributed by atoms with E-state index in [1.54, 1.807) is 25.7 Å². The van der Waals surface area contributed by atoms with Gasteiger partial charge in [-0.2, -0.15) is 0 Å². The number of carbonyl (C=O) groups is 2. The van der Waals surface area contributed by atoms with Crippen LogP contribution in [0.1, 0.15) is 58.2 Å². The van der Waals surface area contributed by atoms with Crippen molar-refractivity contribution >= 4 is 11.7 Å². The van der Waals surface area contributed by atoms with E-state index in [-0.39, 0.29) is 11.4 Å². The van der Waals surface area contributed by atoms with Gasteiger partial charge in [0.05, 0.1) is 11.6 Å². The Morgan fingerprint density at radius 1 is 1.17 bits per heavy atom. The van der Waals surface area contributed by atoms with Crippen LogP contribution >= 0.6 is 0 Å². The van der Waals surface area contributed by atoms with Crippen LogP contribution in [0.15, 0.2) is 35.6 Å². The van der Waals surface area contributed by atoms with Gasteiger partial charge in [0.15, 0.2) is 11.5 Å². The Hall–Kier alpha value is -2.10. The largest absolute Gasteiger partial charge is 0.503 e. The third kappa shape index (κ3) is 3.23. The van der Waals surface area contributed by atoms with Crippen molar-refractivity contribution in [3.63, 3.8) is 0 Å². The van der Waals surface area contributed by atoms with Gasteiger partial charge in [-0.05, 0) is 24.0 Å². The second kappa shape index (κ2) is 6.80. The molecule has 0 radical (unpaired) electrons. The normalized spacial score (nSPS) is 18.5. The molecular formula is C20H27NO3. The van der Waals surface area contributed by atoms with Crippen molar-refractivity contribution < 1.29 is 14.7 Å². The highest BCUT2D eigenvalue weighted by molar-refractivity contribution is 6.10. The van der Waals surface area contributed by atoms with Crippen LogP contribution in [-0.4, -0.2) is 28.2 Å². The number of aliphatic hydroxyl groups excluding tert-OH is 1. The fourth-order valence-corrected chi connectivity index (χ4v) is 3.04. The van der Waals surface area contributed by atoms with Crippen molar-refractivity contribution in [1.29, 1.82) is 0 Å². The van der Waals surface area contributed by atoms with Crippen LogP contribution in [0.2, 0.25) is 0 Å². The maximum Gasteiger partial charge on any atom is 0.290 e. The maximum absolute atomic E-state index is 12.9. The van der Waals surface area contributed by atoms with Crippen LogP contribution in [0.4, 0.5) is 0 Å². The van der Waals surface area contributed by atoms with E-state index in [0.717, 1.165) is 18.4 Å². The third-order valence-corrected chi connectivity index (χ3v) is 4.40. The molecule has 1 heterocycles. The minimum Gasteiger partial charge on any atom is -0.503 e. The van der Waals surface area contributed by atoms with Crippen molar-refractivity contribution in [3.05, 3.63) is 46.7 Å². The smallest absolute Gasteiger partial charge is 0.290 e. The number of rotatable bonds is 5. The highest BCUT2D eigenvalue weighted by Crippen LogP contribution is 2.40. The van der Waals surface area contributed by atoms with Crippen LogP contribution in [0.3, 0.4) is 0 Å². The lowest BCUT2D eigenvalue weighted by molar-refractivity contribution is -0.129. The molecule has 24 heavy (non-hydrogen) atoms. The first kappa shape index (κ1) is 18.2. The molecule has 1 aromatic carbocycles. The van der Waals surface area contributed by atoms with Crippen LogP contribution in [0.25, 0.3) is 0 Å². The fraction of sp³-hybridized carbons (Fsp3) is 0.500. The lowest BCUT2D eigenvalue weighted by Gasteiger charge is -2.28. The van der Waals surface area contributed by atoms with E-state index in [1.165, 1.54) is 5.56 Å². The average molecular weight is 329 g/mol. The fourth-order valence-electron chi connectivity index (χ4n) is 3.04. The zero-order valence-electron chi connectivity index (χ0n) is 15.2. The number of aryl methyl sites for hydroxylation is 1. The van der Waals surface area contributed by atoms with E-state index < -0.39 is 23.1 Å². The topological polar surface area (TPSA) is 57.6 Å². The van der Waals surface area contributed by atoms with E-state index in [4.69, 9.17) is 0 Å². The molecule has 130 valence electrons. The Labute approximate surface area is 144 Å². The van der Waals surface area contributed by atoms with Crippen LogP contribution in [0.5, 0.6) is 0 Å². The summed E-state index contributed by atoms with van der Waals surface area (Å²) in [5.41, 5.74) is 1.63. The minimum atomic E-state index is -0.659. The molecule has 0 spiro atoms. The number of Topliss-reactive ketones (excluding diaryl/α,β-unsaturated/α-hetero) is 1. The minimum absolute atomic E-state index is 0.184. The van der Waals surface area contributed by atoms with Gasteiger partial charge < -0.3 is 10.0 Å². The number of amides is 1. The summed E-state index contributed by atoms with van der Waals surface area (Å²) < 4.78 is 0. The predicted molar refractivity (Wildman–Crippen MR) is 94.7 cm³/mol. The Kier molecular flexibility index (Phi) is 5.16. The van der Waals surface area contributed by atoms with Gasteiger partial charge in [0.2, 0.25) is 0 Å². The number of hydrogen-bond acceptors (Lipinski definition) is 3. The quantitative estimate of drug-likeness (QED) is 0.889. The van der Waals surface area contributed by atoms with E-state index >= 15 is 0 Å². The van der Waals surface area contributed by atoms with Gasteiger partial charge in [0.25, 0.3) is 5.91 Å². The molecule has 1 aromatic rings. The van der Waals surface area contributed by atoms with Crippen LogP contribution in [0, 0.1) is 5.41 Å². The first-order valence-electron chi connectivity index (χ1n) is 8.60. The number of carbonyl (C=O) groups excluding carboxylic acids is 2. The second-order valence-electron chi connectivity index (χ2n) is 7.34. The molecule has 1 N–H and O–H groups in total. The molecule has 1 atom stereocenters. The molecule has 4 nitrogen and oxygen atoms in total. The molecule has 0 aliphatic carbocycles. The second-order valence-corrected chi connectivity index (χ2v) is 7.34. The van der Waals surface area contributed by atoms with E-state index in [9.17, 15) is 14.7 Å². The molecule has 4 heteroatoms. The summed E-state index contributed by atoms with van der Waals surface area (Å²) in [6.07, 6.45) is 1.69. The summed E-state index contributed by atoms with van der Waals surface area (Å²) in [4.78, 5) is 27.0. The van der Waals surface area contributed by atoms with Crippen molar-refractivity contribution in [2.75, 3.05) is 6.54 Å². The van der Waals surface area contributed by atoms with Crippen molar-refractivity contribution in [1.82, 2.24) is 4.90 Å². The summed E-state index contributed by atoms with van der Waals surface area (Å²) in [6.45, 7) is 9.98. The van der Waals surface area contributed by atoms with Crippen molar-refractivity contribution in [3.8, 4) is 0 Å². The highest BCUT2D eigenvalue weighted by atomic mass is 16.3. The summed E-state index contributed by atoms with van der Waals surface area (Å²) in [7, 11) is 0. The SMILES string of the molecule is CCCN1C(=O)C(O)=C(C(=O)C(C)(C)C)C1c1ccc(CC)cc1. The summed E-state index contributed by atoms with van der Waals surface area (Å²) in [5, 5.41) is 10.4. The van der Waals surface area contributed by atoms with Gasteiger partial charge >= 0.3 is 0 Å². The number of benzene rings is 1. The third-order valence-electron chi connectivity index (χ3n) is 4.40. The average Bonchev–Trinajstić information content (AvgIpc) is 2.78. The number of hydrogen-bond donors (Lipinski definition) is 1. The zero-order chi connectivity index (χ0) is 18.1. The summed E-state index contributed by atoms with van der Waals surface area (Å²) >= 11 is 0. The zero-order valence-corrected chi connectivity index (χ0v) is 15.2. The van der Waals surface area contributed by atoms with Gasteiger partial charge in [-0.15, -0.1) is 0 Å². The Morgan fingerprint density at radius 2 is 1.75 bits per heavy atom. The van der Waals surface area contributed by atoms with Gasteiger partial charge in [-0.25, -0.2) is 0 Å². The molecule has 0 saturated heterocycles. The number of ketones is 1. The molecule has 1 unspecified atom stereocenters. The monoisotopic (exact) mass is 329 g/mol. The summed E-state index contributed by atoms with van der Waals surface area (Å²) in [6, 6.07) is 7.42. The first-order chi connectivity index (χ1) is 11.2. The Morgan fingerprint density at radius 3 is 2.21 bits per heavy atom.